The number of esters is 2. The van der Waals surface area contributed by atoms with E-state index in [9.17, 15) is 23.6 Å². The number of hydrogen-bond donors (Lipinski definition) is 1. The lowest BCUT2D eigenvalue weighted by Crippen LogP contribution is -2.37. The quantitative estimate of drug-likeness (QED) is 0.723. The Balaban J connectivity index is 2.27. The maximum Gasteiger partial charge on any atom is 0.330 e. The number of H-pyrrole nitrogens is 1. The number of nitrogens with one attached hydrogen (secondary N) is 1. The summed E-state index contributed by atoms with van der Waals surface area (Å²) in [5, 5.41) is 0. The molecule has 2 heterocycles. The summed E-state index contributed by atoms with van der Waals surface area (Å²) < 4.78 is 30.4. The SMILES string of the molecule is CC(=O)OC[C@@H]1O[C@H](n2ccc(=O)[nH]c2=O)[C@@H](F)[C@H]1OC(C)=O. The standard InChI is InChI=1S/C13H15FN2O7/c1-6(17)21-5-8-11(22-7(2)18)10(14)12(23-8)16-4-3-9(19)15-13(16)20/h3-4,8,10-12H,5H2,1-2H3,(H,15,19,20)/t8-,10-,11-,12-/m0/s1. The monoisotopic (exact) mass is 330 g/mol. The van der Waals surface area contributed by atoms with Crippen molar-refractivity contribution in [1.82, 2.24) is 9.55 Å². The van der Waals surface area contributed by atoms with Crippen LogP contribution < -0.4 is 11.2 Å². The molecule has 1 saturated heterocycles. The zero-order chi connectivity index (χ0) is 17.1. The van der Waals surface area contributed by atoms with Gasteiger partial charge in [0.25, 0.3) is 5.56 Å². The summed E-state index contributed by atoms with van der Waals surface area (Å²) in [5.74, 6) is -1.36. The fourth-order valence-corrected chi connectivity index (χ4v) is 2.21. The second-order valence-electron chi connectivity index (χ2n) is 4.90. The molecule has 4 atom stereocenters. The number of rotatable bonds is 4. The van der Waals surface area contributed by atoms with Crippen molar-refractivity contribution in [2.75, 3.05) is 6.61 Å². The van der Waals surface area contributed by atoms with E-state index in [1.807, 2.05) is 4.98 Å². The van der Waals surface area contributed by atoms with Gasteiger partial charge in [0.15, 0.2) is 18.5 Å². The minimum Gasteiger partial charge on any atom is -0.463 e. The molecule has 1 aromatic rings. The Bertz CT molecular complexity index is 713. The van der Waals surface area contributed by atoms with E-state index in [1.54, 1.807) is 0 Å². The van der Waals surface area contributed by atoms with Gasteiger partial charge in [0, 0.05) is 26.1 Å². The molecule has 0 unspecified atom stereocenters. The van der Waals surface area contributed by atoms with E-state index >= 15 is 0 Å². The van der Waals surface area contributed by atoms with Crippen LogP contribution in [0.3, 0.4) is 0 Å². The highest BCUT2D eigenvalue weighted by Gasteiger charge is 2.49. The van der Waals surface area contributed by atoms with Crippen molar-refractivity contribution in [3.8, 4) is 0 Å². The lowest BCUT2D eigenvalue weighted by atomic mass is 10.1. The molecule has 0 aliphatic carbocycles. The molecule has 1 aliphatic heterocycles. The third-order valence-electron chi connectivity index (χ3n) is 3.15. The second-order valence-corrected chi connectivity index (χ2v) is 4.90. The Morgan fingerprint density at radius 3 is 2.61 bits per heavy atom. The first-order valence-corrected chi connectivity index (χ1v) is 6.71. The van der Waals surface area contributed by atoms with Gasteiger partial charge >= 0.3 is 17.6 Å². The van der Waals surface area contributed by atoms with Crippen molar-refractivity contribution in [1.29, 1.82) is 0 Å². The molecule has 2 rings (SSSR count). The first-order chi connectivity index (χ1) is 10.8. The van der Waals surface area contributed by atoms with Gasteiger partial charge in [-0.3, -0.25) is 23.9 Å². The number of nitrogens with zero attached hydrogens (tertiary/aromatic N) is 1. The first kappa shape index (κ1) is 16.9. The van der Waals surface area contributed by atoms with Gasteiger partial charge in [-0.15, -0.1) is 0 Å². The number of carbonyl (C=O) groups is 2. The van der Waals surface area contributed by atoms with Gasteiger partial charge in [-0.1, -0.05) is 0 Å². The van der Waals surface area contributed by atoms with E-state index in [0.29, 0.717) is 0 Å². The van der Waals surface area contributed by atoms with E-state index < -0.39 is 47.8 Å². The number of alkyl halides is 1. The third kappa shape index (κ3) is 3.83. The van der Waals surface area contributed by atoms with Crippen molar-refractivity contribution in [2.24, 2.45) is 0 Å². The topological polar surface area (TPSA) is 117 Å². The molecule has 0 spiro atoms. The Labute approximate surface area is 129 Å². The van der Waals surface area contributed by atoms with Crippen LogP contribution in [0.25, 0.3) is 0 Å². The van der Waals surface area contributed by atoms with Gasteiger partial charge in [-0.25, -0.2) is 9.18 Å². The lowest BCUT2D eigenvalue weighted by Gasteiger charge is -2.18. The van der Waals surface area contributed by atoms with Crippen LogP contribution in [-0.2, 0) is 23.8 Å². The van der Waals surface area contributed by atoms with Gasteiger partial charge < -0.3 is 14.2 Å². The van der Waals surface area contributed by atoms with Gasteiger partial charge in [-0.2, -0.15) is 0 Å². The van der Waals surface area contributed by atoms with Crippen LogP contribution in [0.1, 0.15) is 20.1 Å². The van der Waals surface area contributed by atoms with Crippen LogP contribution in [0, 0.1) is 0 Å². The highest BCUT2D eigenvalue weighted by atomic mass is 19.1. The molecule has 1 aliphatic rings. The fraction of sp³-hybridized carbons (Fsp3) is 0.538. The number of halogens is 1. The van der Waals surface area contributed by atoms with Crippen molar-refractivity contribution in [3.63, 3.8) is 0 Å². The average Bonchev–Trinajstić information content (AvgIpc) is 2.73. The van der Waals surface area contributed by atoms with Crippen molar-refractivity contribution < 1.29 is 28.2 Å². The minimum absolute atomic E-state index is 0.345. The number of aromatic amines is 1. The third-order valence-corrected chi connectivity index (χ3v) is 3.15. The number of aromatic nitrogens is 2. The molecule has 0 radical (unpaired) electrons. The van der Waals surface area contributed by atoms with Crippen molar-refractivity contribution >= 4 is 11.9 Å². The van der Waals surface area contributed by atoms with Crippen LogP contribution in [0.5, 0.6) is 0 Å². The van der Waals surface area contributed by atoms with Crippen LogP contribution in [-0.4, -0.2) is 46.5 Å². The van der Waals surface area contributed by atoms with Crippen molar-refractivity contribution in [3.05, 3.63) is 33.1 Å². The van der Waals surface area contributed by atoms with E-state index in [0.717, 1.165) is 30.7 Å². The molecule has 10 heteroatoms. The summed E-state index contributed by atoms with van der Waals surface area (Å²) in [6.45, 7) is 1.91. The zero-order valence-electron chi connectivity index (χ0n) is 12.4. The van der Waals surface area contributed by atoms with E-state index in [-0.39, 0.29) is 6.61 Å². The largest absolute Gasteiger partial charge is 0.463 e. The molecule has 0 bridgehead atoms. The molecule has 1 fully saturated rings. The summed E-state index contributed by atoms with van der Waals surface area (Å²) in [4.78, 5) is 46.8. The second kappa shape index (κ2) is 6.73. The summed E-state index contributed by atoms with van der Waals surface area (Å²) in [6, 6.07) is 1.03. The number of hydrogen-bond acceptors (Lipinski definition) is 7. The van der Waals surface area contributed by atoms with Crippen LogP contribution in [0.2, 0.25) is 0 Å². The summed E-state index contributed by atoms with van der Waals surface area (Å²) >= 11 is 0. The molecule has 0 aromatic carbocycles. The van der Waals surface area contributed by atoms with Crippen LogP contribution in [0.15, 0.2) is 21.9 Å². The van der Waals surface area contributed by atoms with Gasteiger partial charge in [0.2, 0.25) is 0 Å². The summed E-state index contributed by atoms with van der Waals surface area (Å²) in [7, 11) is 0. The predicted octanol–water partition coefficient (Wildman–Crippen LogP) is -0.733. The molecular weight excluding hydrogens is 315 g/mol. The molecule has 0 saturated carbocycles. The minimum atomic E-state index is -1.89. The maximum absolute atomic E-state index is 14.6. The Hall–Kier alpha value is -2.49. The fourth-order valence-electron chi connectivity index (χ4n) is 2.21. The molecular formula is C13H15FN2O7. The van der Waals surface area contributed by atoms with E-state index in [2.05, 4.69) is 0 Å². The van der Waals surface area contributed by atoms with E-state index in [1.165, 1.54) is 0 Å². The summed E-state index contributed by atoms with van der Waals surface area (Å²) in [6.07, 6.45) is -4.68. The lowest BCUT2D eigenvalue weighted by molar-refractivity contribution is -0.156. The highest BCUT2D eigenvalue weighted by molar-refractivity contribution is 5.66. The van der Waals surface area contributed by atoms with Gasteiger partial charge in [-0.05, 0) is 0 Å². The Kier molecular flexibility index (Phi) is 4.94. The van der Waals surface area contributed by atoms with Crippen LogP contribution in [0.4, 0.5) is 4.39 Å². The molecule has 1 N–H and O–H groups in total. The molecule has 1 aromatic heterocycles. The average molecular weight is 330 g/mol. The highest BCUT2D eigenvalue weighted by Crippen LogP contribution is 2.33. The predicted molar refractivity (Wildman–Crippen MR) is 72.3 cm³/mol. The molecule has 126 valence electrons. The molecule has 9 nitrogen and oxygen atoms in total. The van der Waals surface area contributed by atoms with Gasteiger partial charge in [0.1, 0.15) is 12.7 Å². The zero-order valence-corrected chi connectivity index (χ0v) is 12.4. The molecule has 0 amide bonds. The normalized spacial score (nSPS) is 26.7. The Morgan fingerprint density at radius 2 is 2.04 bits per heavy atom. The van der Waals surface area contributed by atoms with Crippen molar-refractivity contribution in [2.45, 2.75) is 38.5 Å². The van der Waals surface area contributed by atoms with Crippen LogP contribution >= 0.6 is 0 Å². The Morgan fingerprint density at radius 1 is 1.35 bits per heavy atom. The smallest absolute Gasteiger partial charge is 0.330 e. The first-order valence-electron chi connectivity index (χ1n) is 6.71. The number of carbonyl (C=O) groups excluding carboxylic acids is 2. The van der Waals surface area contributed by atoms with E-state index in [4.69, 9.17) is 14.2 Å². The van der Waals surface area contributed by atoms with Gasteiger partial charge in [0.05, 0.1) is 0 Å². The molecule has 23 heavy (non-hydrogen) atoms. The number of ether oxygens (including phenoxy) is 3. The maximum atomic E-state index is 14.6. The summed E-state index contributed by atoms with van der Waals surface area (Å²) in [5.41, 5.74) is -1.52.